The van der Waals surface area contributed by atoms with Crippen LogP contribution in [0.5, 0.6) is 0 Å². The smallest absolute Gasteiger partial charge is 0.281 e. The molecule has 1 amide bonds. The highest BCUT2D eigenvalue weighted by molar-refractivity contribution is 6.31. The molecule has 2 N–H and O–H groups in total. The van der Waals surface area contributed by atoms with Gasteiger partial charge in [-0.05, 0) is 35.9 Å². The third kappa shape index (κ3) is 3.80. The summed E-state index contributed by atoms with van der Waals surface area (Å²) in [6.45, 7) is 0. The average Bonchev–Trinajstić information content (AvgIpc) is 2.76. The second kappa shape index (κ2) is 8.43. The number of halogens is 1. The summed E-state index contributed by atoms with van der Waals surface area (Å²) in [7, 11) is 1.72. The zero-order chi connectivity index (χ0) is 21.1. The van der Waals surface area contributed by atoms with Gasteiger partial charge < -0.3 is 10.6 Å². The van der Waals surface area contributed by atoms with Crippen molar-refractivity contribution in [1.29, 1.82) is 0 Å². The third-order valence-corrected chi connectivity index (χ3v) is 5.11. The van der Waals surface area contributed by atoms with Crippen molar-refractivity contribution in [3.05, 3.63) is 99.8 Å². The van der Waals surface area contributed by atoms with E-state index < -0.39 is 0 Å². The minimum atomic E-state index is -0.332. The Bertz CT molecular complexity index is 1270. The Kier molecular flexibility index (Phi) is 5.55. The molecule has 0 fully saturated rings. The maximum Gasteiger partial charge on any atom is 0.281 e. The van der Waals surface area contributed by atoms with E-state index in [1.807, 2.05) is 66.7 Å². The molecule has 4 aromatic rings. The standard InChI is InChI=1S/C24H20ClN3O2/c1-26-22-19-13-12-17(25)15-20(19)28(18-10-6-3-7-11-18)24(30)23(22)27-21(29)14-16-8-4-2-5-9-16/h2-13,15,26H,14H2,1H3,(H,27,29). The molecule has 0 spiro atoms. The number of nitrogens with one attached hydrogen (secondary N) is 2. The molecular weight excluding hydrogens is 398 g/mol. The van der Waals surface area contributed by atoms with Crippen molar-refractivity contribution < 1.29 is 4.79 Å². The van der Waals surface area contributed by atoms with Gasteiger partial charge in [-0.25, -0.2) is 0 Å². The number of carbonyl (C=O) groups is 1. The number of fused-ring (bicyclic) bond motifs is 1. The second-order valence-electron chi connectivity index (χ2n) is 6.85. The van der Waals surface area contributed by atoms with Crippen LogP contribution in [0.3, 0.4) is 0 Å². The number of benzene rings is 3. The molecule has 1 heterocycles. The van der Waals surface area contributed by atoms with Gasteiger partial charge in [0.25, 0.3) is 5.56 Å². The Morgan fingerprint density at radius 1 is 0.933 bits per heavy atom. The first-order valence-corrected chi connectivity index (χ1v) is 9.91. The van der Waals surface area contributed by atoms with E-state index in [2.05, 4.69) is 10.6 Å². The fraction of sp³-hybridized carbons (Fsp3) is 0.0833. The minimum absolute atomic E-state index is 0.174. The summed E-state index contributed by atoms with van der Waals surface area (Å²) in [6.07, 6.45) is 0.174. The van der Waals surface area contributed by atoms with Crippen molar-refractivity contribution in [2.45, 2.75) is 6.42 Å². The van der Waals surface area contributed by atoms with Crippen LogP contribution in [-0.4, -0.2) is 17.5 Å². The van der Waals surface area contributed by atoms with Crippen LogP contribution < -0.4 is 16.2 Å². The van der Waals surface area contributed by atoms with Gasteiger partial charge in [-0.1, -0.05) is 60.1 Å². The van der Waals surface area contributed by atoms with Crippen molar-refractivity contribution in [2.75, 3.05) is 17.7 Å². The van der Waals surface area contributed by atoms with Gasteiger partial charge >= 0.3 is 0 Å². The van der Waals surface area contributed by atoms with Gasteiger partial charge in [0.15, 0.2) is 0 Å². The fourth-order valence-corrected chi connectivity index (χ4v) is 3.70. The lowest BCUT2D eigenvalue weighted by molar-refractivity contribution is -0.115. The van der Waals surface area contributed by atoms with Gasteiger partial charge in [0.1, 0.15) is 5.69 Å². The molecule has 150 valence electrons. The van der Waals surface area contributed by atoms with Crippen LogP contribution in [0.15, 0.2) is 83.7 Å². The molecule has 30 heavy (non-hydrogen) atoms. The van der Waals surface area contributed by atoms with Gasteiger partial charge in [-0.3, -0.25) is 14.2 Å². The topological polar surface area (TPSA) is 63.1 Å². The Morgan fingerprint density at radius 2 is 1.60 bits per heavy atom. The molecule has 3 aromatic carbocycles. The monoisotopic (exact) mass is 417 g/mol. The van der Waals surface area contributed by atoms with Crippen LogP contribution in [0.4, 0.5) is 11.4 Å². The molecular formula is C24H20ClN3O2. The third-order valence-electron chi connectivity index (χ3n) is 4.87. The summed E-state index contributed by atoms with van der Waals surface area (Å²) in [5, 5.41) is 7.20. The first-order chi connectivity index (χ1) is 14.6. The van der Waals surface area contributed by atoms with Crippen LogP contribution in [0.25, 0.3) is 16.6 Å². The molecule has 6 heteroatoms. The molecule has 0 bridgehead atoms. The molecule has 0 aliphatic rings. The first-order valence-electron chi connectivity index (χ1n) is 9.53. The Morgan fingerprint density at radius 3 is 2.27 bits per heavy atom. The van der Waals surface area contributed by atoms with Crippen molar-refractivity contribution in [1.82, 2.24) is 4.57 Å². The highest BCUT2D eigenvalue weighted by Crippen LogP contribution is 2.31. The first kappa shape index (κ1) is 19.7. The minimum Gasteiger partial charge on any atom is -0.386 e. The van der Waals surface area contributed by atoms with Crippen LogP contribution in [-0.2, 0) is 11.2 Å². The number of amides is 1. The lowest BCUT2D eigenvalue weighted by atomic mass is 10.1. The highest BCUT2D eigenvalue weighted by Gasteiger charge is 2.19. The normalized spacial score (nSPS) is 10.7. The molecule has 0 atom stereocenters. The van der Waals surface area contributed by atoms with Gasteiger partial charge in [-0.2, -0.15) is 0 Å². The molecule has 0 radical (unpaired) electrons. The predicted molar refractivity (Wildman–Crippen MR) is 123 cm³/mol. The second-order valence-corrected chi connectivity index (χ2v) is 7.28. The molecule has 5 nitrogen and oxygen atoms in total. The van der Waals surface area contributed by atoms with E-state index in [9.17, 15) is 9.59 Å². The van der Waals surface area contributed by atoms with E-state index in [0.717, 1.165) is 10.9 Å². The Labute approximate surface area is 178 Å². The zero-order valence-corrected chi connectivity index (χ0v) is 17.1. The lowest BCUT2D eigenvalue weighted by Crippen LogP contribution is -2.27. The number of carbonyl (C=O) groups excluding carboxylic acids is 1. The number of hydrogen-bond acceptors (Lipinski definition) is 3. The maximum atomic E-state index is 13.5. The molecule has 0 aliphatic carbocycles. The zero-order valence-electron chi connectivity index (χ0n) is 16.4. The largest absolute Gasteiger partial charge is 0.386 e. The van der Waals surface area contributed by atoms with E-state index in [-0.39, 0.29) is 23.6 Å². The highest BCUT2D eigenvalue weighted by atomic mass is 35.5. The number of hydrogen-bond donors (Lipinski definition) is 2. The molecule has 0 unspecified atom stereocenters. The SMILES string of the molecule is CNc1c(NC(=O)Cc2ccccc2)c(=O)n(-c2ccccc2)c2cc(Cl)ccc12. The van der Waals surface area contributed by atoms with E-state index in [1.54, 1.807) is 23.7 Å². The molecule has 4 rings (SSSR count). The summed E-state index contributed by atoms with van der Waals surface area (Å²) in [5.41, 5.74) is 2.65. The van der Waals surface area contributed by atoms with Crippen molar-refractivity contribution in [3.63, 3.8) is 0 Å². The maximum absolute atomic E-state index is 13.5. The van der Waals surface area contributed by atoms with Gasteiger partial charge in [0.05, 0.1) is 17.6 Å². The number of para-hydroxylation sites is 1. The van der Waals surface area contributed by atoms with E-state index >= 15 is 0 Å². The molecule has 1 aromatic heterocycles. The summed E-state index contributed by atoms with van der Waals surface area (Å²) >= 11 is 6.23. The van der Waals surface area contributed by atoms with Gasteiger partial charge in [-0.15, -0.1) is 0 Å². The summed E-state index contributed by atoms with van der Waals surface area (Å²) in [6, 6.07) is 24.1. The number of aromatic nitrogens is 1. The van der Waals surface area contributed by atoms with Gasteiger partial charge in [0, 0.05) is 23.1 Å². The van der Waals surface area contributed by atoms with Crippen molar-refractivity contribution in [3.8, 4) is 5.69 Å². The number of anilines is 2. The van der Waals surface area contributed by atoms with E-state index in [4.69, 9.17) is 11.6 Å². The Balaban J connectivity index is 1.89. The van der Waals surface area contributed by atoms with Crippen molar-refractivity contribution in [2.24, 2.45) is 0 Å². The molecule has 0 aliphatic heterocycles. The van der Waals surface area contributed by atoms with Gasteiger partial charge in [0.2, 0.25) is 5.91 Å². The number of rotatable bonds is 5. The van der Waals surface area contributed by atoms with Crippen LogP contribution in [0.1, 0.15) is 5.56 Å². The van der Waals surface area contributed by atoms with Crippen LogP contribution in [0, 0.1) is 0 Å². The van der Waals surface area contributed by atoms with Crippen molar-refractivity contribution >= 4 is 39.8 Å². The summed E-state index contributed by atoms with van der Waals surface area (Å²) < 4.78 is 1.57. The lowest BCUT2D eigenvalue weighted by Gasteiger charge is -2.18. The van der Waals surface area contributed by atoms with Crippen LogP contribution in [0.2, 0.25) is 5.02 Å². The quantitative estimate of drug-likeness (QED) is 0.487. The number of pyridine rings is 1. The summed E-state index contributed by atoms with van der Waals surface area (Å²) in [4.78, 5) is 26.3. The molecule has 0 saturated carbocycles. The fourth-order valence-electron chi connectivity index (χ4n) is 3.54. The predicted octanol–water partition coefficient (Wildman–Crippen LogP) is 4.87. The van der Waals surface area contributed by atoms with E-state index in [0.29, 0.717) is 21.9 Å². The van der Waals surface area contributed by atoms with E-state index in [1.165, 1.54) is 0 Å². The summed E-state index contributed by atoms with van der Waals surface area (Å²) in [5.74, 6) is -0.261. The molecule has 0 saturated heterocycles. The number of nitrogens with zero attached hydrogens (tertiary/aromatic N) is 1. The van der Waals surface area contributed by atoms with Crippen LogP contribution >= 0.6 is 11.6 Å². The average molecular weight is 418 g/mol. The Hall–Kier alpha value is -3.57.